The normalized spacial score (nSPS) is 53.6. The van der Waals surface area contributed by atoms with Crippen LogP contribution in [-0.4, -0.2) is 41.2 Å². The fraction of sp³-hybridized carbons (Fsp3) is 1.00. The molecular weight excluding hydrogens is 374 g/mol. The molecule has 5 nitrogen and oxygen atoms in total. The summed E-state index contributed by atoms with van der Waals surface area (Å²) in [6.45, 7) is 3.90. The van der Waals surface area contributed by atoms with Crippen molar-refractivity contribution in [2.45, 2.75) is 113 Å². The first-order valence-corrected chi connectivity index (χ1v) is 13.1. The first-order valence-electron chi connectivity index (χ1n) is 13.1. The van der Waals surface area contributed by atoms with E-state index >= 15 is 0 Å². The number of quaternary nitrogens is 2. The molecule has 30 heavy (non-hydrogen) atoms. The molecule has 3 aliphatic heterocycles. The Morgan fingerprint density at radius 1 is 1.13 bits per heavy atom. The van der Waals surface area contributed by atoms with Gasteiger partial charge in [-0.25, -0.2) is 0 Å². The summed E-state index contributed by atoms with van der Waals surface area (Å²) in [7, 11) is 0. The second-order valence-electron chi connectivity index (χ2n) is 12.4. The van der Waals surface area contributed by atoms with Crippen LogP contribution in [0.4, 0.5) is 0 Å². The summed E-state index contributed by atoms with van der Waals surface area (Å²) < 4.78 is 7.22. The van der Waals surface area contributed by atoms with Crippen molar-refractivity contribution in [2.75, 3.05) is 13.2 Å². The largest absolute Gasteiger partial charge is 0.396 e. The molecule has 4 bridgehead atoms. The van der Waals surface area contributed by atoms with Crippen molar-refractivity contribution in [2.24, 2.45) is 35.3 Å². The number of nitrogens with two attached hydrogens (primary N) is 2. The Morgan fingerprint density at radius 3 is 2.73 bits per heavy atom. The van der Waals surface area contributed by atoms with Crippen molar-refractivity contribution >= 4 is 0 Å². The first-order chi connectivity index (χ1) is 14.4. The summed E-state index contributed by atoms with van der Waals surface area (Å²) >= 11 is 0. The Hall–Kier alpha value is -0.200. The van der Waals surface area contributed by atoms with Gasteiger partial charge < -0.3 is 20.9 Å². The van der Waals surface area contributed by atoms with Gasteiger partial charge in [-0.05, 0) is 69.6 Å². The third-order valence-corrected chi connectivity index (χ3v) is 10.2. The van der Waals surface area contributed by atoms with E-state index in [1.807, 2.05) is 0 Å². The molecule has 3 heterocycles. The molecule has 0 radical (unpaired) electrons. The third kappa shape index (κ3) is 3.67. The highest BCUT2D eigenvalue weighted by Crippen LogP contribution is 2.64. The minimum Gasteiger partial charge on any atom is -0.396 e. The summed E-state index contributed by atoms with van der Waals surface area (Å²) in [5.41, 5.74) is 10.9. The number of hydrogen-bond acceptors (Lipinski definition) is 3. The van der Waals surface area contributed by atoms with Crippen LogP contribution in [0.1, 0.15) is 90.4 Å². The van der Waals surface area contributed by atoms with Gasteiger partial charge in [-0.2, -0.15) is 0 Å². The van der Waals surface area contributed by atoms with E-state index in [-0.39, 0.29) is 23.3 Å². The quantitative estimate of drug-likeness (QED) is 0.542. The van der Waals surface area contributed by atoms with Crippen LogP contribution < -0.4 is 16.8 Å². The highest BCUT2D eigenvalue weighted by molar-refractivity contribution is 5.17. The molecule has 8 N–H and O–H groups in total. The van der Waals surface area contributed by atoms with E-state index in [9.17, 15) is 5.11 Å². The van der Waals surface area contributed by atoms with Crippen LogP contribution in [0, 0.1) is 29.6 Å². The number of hydrogen-bond donors (Lipinski definition) is 4. The van der Waals surface area contributed by atoms with Gasteiger partial charge in [0.1, 0.15) is 11.7 Å². The number of piperidine rings is 1. The Balaban J connectivity index is 1.34. The molecule has 5 heteroatoms. The molecule has 3 saturated carbocycles. The van der Waals surface area contributed by atoms with Crippen molar-refractivity contribution < 1.29 is 20.9 Å². The molecule has 6 rings (SSSR count). The molecule has 0 spiro atoms. The maximum Gasteiger partial charge on any atom is 0.137 e. The average molecular weight is 422 g/mol. The van der Waals surface area contributed by atoms with E-state index in [2.05, 4.69) is 12.2 Å². The van der Waals surface area contributed by atoms with Crippen LogP contribution >= 0.6 is 0 Å². The lowest BCUT2D eigenvalue weighted by atomic mass is 9.46. The predicted octanol–water partition coefficient (Wildman–Crippen LogP) is 1.54. The standard InChI is InChI=1S/C25H45N3O2/c1-23-9-3-5-19-14-25(30-23,16-24(27,10-11-29)22(19)23)20-6-2-4-17(13-20)12-18-7-8-21(26)28-15-18/h17-22,28-29H,2-16,26-27H2,1H3/p+2. The van der Waals surface area contributed by atoms with Gasteiger partial charge in [0.25, 0.3) is 0 Å². The van der Waals surface area contributed by atoms with Crippen molar-refractivity contribution in [3.63, 3.8) is 0 Å². The van der Waals surface area contributed by atoms with E-state index in [0.29, 0.717) is 18.0 Å². The summed E-state index contributed by atoms with van der Waals surface area (Å²) in [4.78, 5) is 0. The molecular formula is C25H47N3O2+2. The molecule has 0 amide bonds. The fourth-order valence-electron chi connectivity index (χ4n) is 9.34. The van der Waals surface area contributed by atoms with Crippen LogP contribution in [0.5, 0.6) is 0 Å². The van der Waals surface area contributed by atoms with Crippen LogP contribution in [0.25, 0.3) is 0 Å². The average Bonchev–Trinajstić information content (AvgIpc) is 2.69. The first kappa shape index (κ1) is 21.6. The summed E-state index contributed by atoms with van der Waals surface area (Å²) in [6.07, 6.45) is 16.7. The van der Waals surface area contributed by atoms with Crippen molar-refractivity contribution in [1.82, 2.24) is 0 Å². The second kappa shape index (κ2) is 7.98. The maximum atomic E-state index is 9.90. The number of fused-ring (bicyclic) bond motifs is 1. The number of aliphatic hydroxyl groups is 1. The van der Waals surface area contributed by atoms with Gasteiger partial charge >= 0.3 is 0 Å². The Morgan fingerprint density at radius 2 is 2.00 bits per heavy atom. The van der Waals surface area contributed by atoms with E-state index in [0.717, 1.165) is 30.6 Å². The van der Waals surface area contributed by atoms with Gasteiger partial charge in [-0.15, -0.1) is 0 Å². The van der Waals surface area contributed by atoms with Gasteiger partial charge in [0.05, 0.1) is 17.7 Å². The van der Waals surface area contributed by atoms with Gasteiger partial charge in [0.15, 0.2) is 0 Å². The highest BCUT2D eigenvalue weighted by Gasteiger charge is 2.70. The predicted molar refractivity (Wildman–Crippen MR) is 117 cm³/mol. The molecule has 0 aromatic rings. The monoisotopic (exact) mass is 421 g/mol. The van der Waals surface area contributed by atoms with Gasteiger partial charge in [0, 0.05) is 37.7 Å². The molecule has 9 unspecified atom stereocenters. The van der Waals surface area contributed by atoms with Crippen LogP contribution in [0.2, 0.25) is 0 Å². The summed E-state index contributed by atoms with van der Waals surface area (Å²) in [6, 6.07) is 0. The fourth-order valence-corrected chi connectivity index (χ4v) is 9.34. The topological polar surface area (TPSA) is 99.7 Å². The number of rotatable bonds is 5. The third-order valence-electron chi connectivity index (χ3n) is 10.2. The molecule has 3 saturated heterocycles. The lowest BCUT2D eigenvalue weighted by molar-refractivity contribution is -0.703. The molecule has 6 fully saturated rings. The zero-order valence-electron chi connectivity index (χ0n) is 19.3. The van der Waals surface area contributed by atoms with Crippen molar-refractivity contribution in [1.29, 1.82) is 0 Å². The molecule has 0 aromatic carbocycles. The molecule has 172 valence electrons. The molecule has 9 atom stereocenters. The Labute approximate surface area is 183 Å². The molecule has 6 aliphatic rings. The van der Waals surface area contributed by atoms with E-state index in [1.165, 1.54) is 77.2 Å². The Bertz CT molecular complexity index is 624. The van der Waals surface area contributed by atoms with Crippen molar-refractivity contribution in [3.05, 3.63) is 0 Å². The van der Waals surface area contributed by atoms with Gasteiger partial charge in [-0.3, -0.25) is 5.73 Å². The number of ether oxygens (including phenoxy) is 1. The lowest BCUT2D eigenvalue weighted by Crippen LogP contribution is -2.95. The minimum atomic E-state index is -0.0161. The van der Waals surface area contributed by atoms with Gasteiger partial charge in [-0.1, -0.05) is 19.3 Å². The second-order valence-corrected chi connectivity index (χ2v) is 12.4. The van der Waals surface area contributed by atoms with E-state index in [4.69, 9.17) is 16.2 Å². The van der Waals surface area contributed by atoms with Crippen LogP contribution in [-0.2, 0) is 4.74 Å². The Kier molecular flexibility index (Phi) is 5.76. The summed E-state index contributed by atoms with van der Waals surface area (Å²) in [5, 5.41) is 12.3. The van der Waals surface area contributed by atoms with E-state index in [1.54, 1.807) is 0 Å². The zero-order valence-corrected chi connectivity index (χ0v) is 19.3. The van der Waals surface area contributed by atoms with E-state index < -0.39 is 0 Å². The highest BCUT2D eigenvalue weighted by atomic mass is 16.5. The summed E-state index contributed by atoms with van der Waals surface area (Å²) in [5.74, 6) is 3.69. The number of aliphatic hydroxyl groups excluding tert-OH is 1. The maximum absolute atomic E-state index is 9.90. The molecule has 3 aliphatic carbocycles. The van der Waals surface area contributed by atoms with Crippen LogP contribution in [0.3, 0.4) is 0 Å². The van der Waals surface area contributed by atoms with Gasteiger partial charge in [0.2, 0.25) is 0 Å². The van der Waals surface area contributed by atoms with Crippen LogP contribution in [0.15, 0.2) is 0 Å². The molecule has 0 aromatic heterocycles. The smallest absolute Gasteiger partial charge is 0.137 e. The zero-order chi connectivity index (χ0) is 21.0. The minimum absolute atomic E-state index is 0.00645. The van der Waals surface area contributed by atoms with Crippen molar-refractivity contribution in [3.8, 4) is 0 Å². The SMILES string of the molecule is CC12CCCC3CC(C4CCCC(CC5CCC(N)[NH2+]C5)C4)(CC([NH3+])(CCO)C31)O2. The lowest BCUT2D eigenvalue weighted by Gasteiger charge is -2.68.